The van der Waals surface area contributed by atoms with Crippen LogP contribution < -0.4 is 5.32 Å². The summed E-state index contributed by atoms with van der Waals surface area (Å²) in [5.74, 6) is 0. The van der Waals surface area contributed by atoms with Crippen molar-refractivity contribution in [1.29, 1.82) is 0 Å². The van der Waals surface area contributed by atoms with Gasteiger partial charge in [-0.25, -0.2) is 0 Å². The fourth-order valence-corrected chi connectivity index (χ4v) is 2.77. The molecule has 122 valence electrons. The molecule has 4 heteroatoms. The van der Waals surface area contributed by atoms with Crippen LogP contribution in [0, 0.1) is 0 Å². The van der Waals surface area contributed by atoms with Crippen molar-refractivity contribution < 1.29 is 14.6 Å². The van der Waals surface area contributed by atoms with Gasteiger partial charge in [0.2, 0.25) is 0 Å². The largest absolute Gasteiger partial charge is 0.374 e. The van der Waals surface area contributed by atoms with Crippen molar-refractivity contribution in [1.82, 2.24) is 5.32 Å². The molecule has 1 heterocycles. The van der Waals surface area contributed by atoms with Crippen molar-refractivity contribution in [2.45, 2.75) is 38.0 Å². The molecule has 1 aliphatic heterocycles. The van der Waals surface area contributed by atoms with E-state index in [1.165, 1.54) is 5.56 Å². The third-order valence-corrected chi connectivity index (χ3v) is 4.02. The number of aliphatic hydroxyl groups excluding tert-OH is 1. The van der Waals surface area contributed by atoms with Gasteiger partial charge in [-0.1, -0.05) is 60.7 Å². The minimum absolute atomic E-state index is 0.0551. The molecule has 0 unspecified atom stereocenters. The molecule has 1 fully saturated rings. The third-order valence-electron chi connectivity index (χ3n) is 4.02. The molecular formula is C19H23NO3. The Labute approximate surface area is 137 Å². The van der Waals surface area contributed by atoms with Crippen molar-refractivity contribution in [3.05, 3.63) is 71.8 Å². The Balaban J connectivity index is 1.39. The lowest BCUT2D eigenvalue weighted by Crippen LogP contribution is -2.35. The van der Waals surface area contributed by atoms with Crippen LogP contribution >= 0.6 is 0 Å². The summed E-state index contributed by atoms with van der Waals surface area (Å²) < 4.78 is 11.3. The summed E-state index contributed by atoms with van der Waals surface area (Å²) in [5.41, 5.74) is 2.34. The van der Waals surface area contributed by atoms with Crippen LogP contribution in [0.5, 0.6) is 0 Å². The number of benzene rings is 2. The smallest absolute Gasteiger partial charge is 0.170 e. The van der Waals surface area contributed by atoms with E-state index in [4.69, 9.17) is 9.47 Å². The van der Waals surface area contributed by atoms with Gasteiger partial charge in [0.25, 0.3) is 0 Å². The highest BCUT2D eigenvalue weighted by Crippen LogP contribution is 2.20. The molecule has 0 amide bonds. The molecule has 0 radical (unpaired) electrons. The Morgan fingerprint density at radius 3 is 2.35 bits per heavy atom. The van der Waals surface area contributed by atoms with Gasteiger partial charge in [0.1, 0.15) is 0 Å². The van der Waals surface area contributed by atoms with Gasteiger partial charge >= 0.3 is 0 Å². The number of ether oxygens (including phenoxy) is 2. The van der Waals surface area contributed by atoms with Crippen molar-refractivity contribution in [3.8, 4) is 0 Å². The molecule has 0 aromatic heterocycles. The highest BCUT2D eigenvalue weighted by Gasteiger charge is 2.33. The average Bonchev–Trinajstić information content (AvgIpc) is 2.95. The van der Waals surface area contributed by atoms with Crippen LogP contribution in [0.15, 0.2) is 60.7 Å². The van der Waals surface area contributed by atoms with Gasteiger partial charge in [-0.3, -0.25) is 0 Å². The maximum atomic E-state index is 10.0. The molecule has 2 aromatic rings. The second-order valence-electron chi connectivity index (χ2n) is 5.86. The lowest BCUT2D eigenvalue weighted by atomic mass is 10.1. The van der Waals surface area contributed by atoms with Crippen LogP contribution in [-0.4, -0.2) is 30.1 Å². The zero-order chi connectivity index (χ0) is 15.9. The van der Waals surface area contributed by atoms with Gasteiger partial charge < -0.3 is 19.9 Å². The normalized spacial score (nSPS) is 24.0. The molecule has 4 nitrogen and oxygen atoms in total. The fourth-order valence-electron chi connectivity index (χ4n) is 2.77. The Hall–Kier alpha value is -1.72. The molecule has 0 spiro atoms. The average molecular weight is 313 g/mol. The van der Waals surface area contributed by atoms with E-state index >= 15 is 0 Å². The van der Waals surface area contributed by atoms with Gasteiger partial charge in [-0.2, -0.15) is 0 Å². The number of rotatable bonds is 7. The standard InChI is InChI=1S/C19H23NO3/c21-19-18(20-12-15-7-3-1-4-8-15)11-17(23-19)14-22-13-16-9-5-2-6-10-16/h1-10,17-21H,11-14H2/t17-,18-,19-/m0/s1. The van der Waals surface area contributed by atoms with E-state index in [0.29, 0.717) is 13.2 Å². The minimum atomic E-state index is -0.774. The molecule has 3 atom stereocenters. The summed E-state index contributed by atoms with van der Waals surface area (Å²) in [4.78, 5) is 0. The summed E-state index contributed by atoms with van der Waals surface area (Å²) in [5, 5.41) is 13.4. The first kappa shape index (κ1) is 16.1. The third kappa shape index (κ3) is 4.88. The topological polar surface area (TPSA) is 50.7 Å². The van der Waals surface area contributed by atoms with Crippen LogP contribution in [0.4, 0.5) is 0 Å². The van der Waals surface area contributed by atoms with Crippen LogP contribution in [0.1, 0.15) is 17.5 Å². The maximum absolute atomic E-state index is 10.0. The molecule has 2 aromatic carbocycles. The predicted octanol–water partition coefficient (Wildman–Crippen LogP) is 2.47. The van der Waals surface area contributed by atoms with Crippen LogP contribution in [0.2, 0.25) is 0 Å². The Morgan fingerprint density at radius 2 is 1.65 bits per heavy atom. The number of hydrogen-bond donors (Lipinski definition) is 2. The van der Waals surface area contributed by atoms with E-state index in [0.717, 1.165) is 18.5 Å². The highest BCUT2D eigenvalue weighted by molar-refractivity contribution is 5.14. The number of aliphatic hydroxyl groups is 1. The summed E-state index contributed by atoms with van der Waals surface area (Å²) in [6, 6.07) is 20.2. The predicted molar refractivity (Wildman–Crippen MR) is 88.7 cm³/mol. The van der Waals surface area contributed by atoms with Gasteiger partial charge in [0.15, 0.2) is 6.29 Å². The minimum Gasteiger partial charge on any atom is -0.374 e. The van der Waals surface area contributed by atoms with Crippen LogP contribution in [0.25, 0.3) is 0 Å². The molecule has 3 rings (SSSR count). The van der Waals surface area contributed by atoms with E-state index in [2.05, 4.69) is 17.4 Å². The molecule has 0 bridgehead atoms. The number of hydrogen-bond acceptors (Lipinski definition) is 4. The monoisotopic (exact) mass is 313 g/mol. The van der Waals surface area contributed by atoms with Gasteiger partial charge in [0.05, 0.1) is 25.4 Å². The second kappa shape index (κ2) is 8.22. The first-order valence-corrected chi connectivity index (χ1v) is 8.04. The Kier molecular flexibility index (Phi) is 5.77. The molecule has 2 N–H and O–H groups in total. The van der Waals surface area contributed by atoms with Crippen molar-refractivity contribution >= 4 is 0 Å². The summed E-state index contributed by atoms with van der Waals surface area (Å²) in [7, 11) is 0. The molecular weight excluding hydrogens is 290 g/mol. The summed E-state index contributed by atoms with van der Waals surface area (Å²) in [6.45, 7) is 1.79. The molecule has 0 saturated carbocycles. The Morgan fingerprint density at radius 1 is 1.00 bits per heavy atom. The van der Waals surface area contributed by atoms with E-state index in [-0.39, 0.29) is 12.1 Å². The van der Waals surface area contributed by atoms with Gasteiger partial charge in [0, 0.05) is 6.54 Å². The quantitative estimate of drug-likeness (QED) is 0.824. The molecule has 23 heavy (non-hydrogen) atoms. The summed E-state index contributed by atoms with van der Waals surface area (Å²) >= 11 is 0. The zero-order valence-corrected chi connectivity index (χ0v) is 13.1. The SMILES string of the molecule is O[C@H]1O[C@H](COCc2ccccc2)C[C@@H]1NCc1ccccc1. The Bertz CT molecular complexity index is 576. The molecule has 0 aliphatic carbocycles. The second-order valence-corrected chi connectivity index (χ2v) is 5.86. The lowest BCUT2D eigenvalue weighted by molar-refractivity contribution is -0.116. The first-order valence-electron chi connectivity index (χ1n) is 8.04. The maximum Gasteiger partial charge on any atom is 0.170 e. The van der Waals surface area contributed by atoms with Crippen molar-refractivity contribution in [3.63, 3.8) is 0 Å². The van der Waals surface area contributed by atoms with E-state index in [1.54, 1.807) is 0 Å². The lowest BCUT2D eigenvalue weighted by Gasteiger charge is -2.14. The molecule has 1 saturated heterocycles. The fraction of sp³-hybridized carbons (Fsp3) is 0.368. The highest BCUT2D eigenvalue weighted by atomic mass is 16.6. The van der Waals surface area contributed by atoms with Gasteiger partial charge in [-0.15, -0.1) is 0 Å². The number of nitrogens with one attached hydrogen (secondary N) is 1. The van der Waals surface area contributed by atoms with E-state index in [9.17, 15) is 5.11 Å². The van der Waals surface area contributed by atoms with E-state index in [1.807, 2.05) is 48.5 Å². The van der Waals surface area contributed by atoms with Crippen molar-refractivity contribution in [2.24, 2.45) is 0 Å². The van der Waals surface area contributed by atoms with E-state index < -0.39 is 6.29 Å². The molecule has 1 aliphatic rings. The first-order chi connectivity index (χ1) is 11.3. The van der Waals surface area contributed by atoms with Crippen LogP contribution in [0.3, 0.4) is 0 Å². The van der Waals surface area contributed by atoms with Crippen LogP contribution in [-0.2, 0) is 22.6 Å². The summed E-state index contributed by atoms with van der Waals surface area (Å²) in [6.07, 6.45) is -0.0889. The zero-order valence-electron chi connectivity index (χ0n) is 13.1. The van der Waals surface area contributed by atoms with Gasteiger partial charge in [-0.05, 0) is 17.5 Å². The van der Waals surface area contributed by atoms with Crippen molar-refractivity contribution in [2.75, 3.05) is 6.61 Å².